The Bertz CT molecular complexity index is 153. The van der Waals surface area contributed by atoms with Crippen LogP contribution in [0.5, 0.6) is 0 Å². The van der Waals surface area contributed by atoms with Crippen LogP contribution >= 0.6 is 11.8 Å². The molecule has 0 unspecified atom stereocenters. The molecule has 0 amide bonds. The summed E-state index contributed by atoms with van der Waals surface area (Å²) >= 11 is 1.55. The molecule has 0 rings (SSSR count). The van der Waals surface area contributed by atoms with Gasteiger partial charge in [-0.05, 0) is 12.3 Å². The van der Waals surface area contributed by atoms with Crippen LogP contribution < -0.4 is 0 Å². The number of hydrogen-bond donors (Lipinski definition) is 0. The number of rotatable bonds is 9. The lowest BCUT2D eigenvalue weighted by atomic mass is 10.0. The molecular formula is C13H26OS. The van der Waals surface area contributed by atoms with Gasteiger partial charge in [0.25, 0.3) is 0 Å². The van der Waals surface area contributed by atoms with Crippen molar-refractivity contribution in [3.63, 3.8) is 0 Å². The molecule has 0 bridgehead atoms. The van der Waals surface area contributed by atoms with Gasteiger partial charge in [0, 0.05) is 12.2 Å². The number of hydrogen-bond acceptors (Lipinski definition) is 2. The van der Waals surface area contributed by atoms with Gasteiger partial charge >= 0.3 is 0 Å². The van der Waals surface area contributed by atoms with Crippen molar-refractivity contribution in [3.05, 3.63) is 0 Å². The van der Waals surface area contributed by atoms with E-state index >= 15 is 0 Å². The van der Waals surface area contributed by atoms with Gasteiger partial charge < -0.3 is 0 Å². The lowest BCUT2D eigenvalue weighted by Crippen LogP contribution is -2.04. The Hall–Kier alpha value is 0.0200. The highest BCUT2D eigenvalue weighted by Gasteiger charge is 2.10. The van der Waals surface area contributed by atoms with Crippen molar-refractivity contribution in [1.29, 1.82) is 0 Å². The van der Waals surface area contributed by atoms with E-state index in [2.05, 4.69) is 20.8 Å². The molecule has 0 aliphatic carbocycles. The average molecular weight is 230 g/mol. The molecule has 0 aromatic rings. The summed E-state index contributed by atoms with van der Waals surface area (Å²) in [5.41, 5.74) is 0. The Balaban J connectivity index is 3.40. The van der Waals surface area contributed by atoms with Gasteiger partial charge in [0.15, 0.2) is 5.12 Å². The molecule has 0 atom stereocenters. The SMILES string of the molecule is CCCCCCSC(=O)CC(CC)CC. The van der Waals surface area contributed by atoms with Crippen molar-refractivity contribution in [1.82, 2.24) is 0 Å². The molecule has 15 heavy (non-hydrogen) atoms. The van der Waals surface area contributed by atoms with E-state index in [1.54, 1.807) is 11.8 Å². The lowest BCUT2D eigenvalue weighted by Gasteiger charge is -2.10. The van der Waals surface area contributed by atoms with Crippen molar-refractivity contribution < 1.29 is 4.79 Å². The summed E-state index contributed by atoms with van der Waals surface area (Å²) in [5, 5.41) is 0.403. The van der Waals surface area contributed by atoms with Gasteiger partial charge in [-0.3, -0.25) is 4.79 Å². The van der Waals surface area contributed by atoms with Crippen molar-refractivity contribution in [2.45, 2.75) is 65.7 Å². The highest BCUT2D eigenvalue weighted by Crippen LogP contribution is 2.18. The molecule has 0 aliphatic heterocycles. The van der Waals surface area contributed by atoms with Gasteiger partial charge in [-0.25, -0.2) is 0 Å². The maximum Gasteiger partial charge on any atom is 0.189 e. The topological polar surface area (TPSA) is 17.1 Å². The smallest absolute Gasteiger partial charge is 0.189 e. The standard InChI is InChI=1S/C13H26OS/c1-4-7-8-9-10-15-13(14)11-12(5-2)6-3/h12H,4-11H2,1-3H3. The highest BCUT2D eigenvalue weighted by molar-refractivity contribution is 8.13. The Kier molecular flexibility index (Phi) is 10.5. The van der Waals surface area contributed by atoms with E-state index in [9.17, 15) is 4.79 Å². The fourth-order valence-corrected chi connectivity index (χ4v) is 2.52. The minimum atomic E-state index is 0.403. The summed E-state index contributed by atoms with van der Waals surface area (Å²) in [6.07, 6.45) is 8.12. The van der Waals surface area contributed by atoms with Gasteiger partial charge in [-0.2, -0.15) is 0 Å². The Morgan fingerprint density at radius 2 is 1.73 bits per heavy atom. The predicted molar refractivity (Wildman–Crippen MR) is 70.3 cm³/mol. The number of carbonyl (C=O) groups excluding carboxylic acids is 1. The monoisotopic (exact) mass is 230 g/mol. The molecule has 1 nitrogen and oxygen atoms in total. The Morgan fingerprint density at radius 1 is 1.07 bits per heavy atom. The third-order valence-electron chi connectivity index (χ3n) is 2.87. The Labute approximate surface area is 99.4 Å². The minimum Gasteiger partial charge on any atom is -0.287 e. The second-order valence-corrected chi connectivity index (χ2v) is 5.32. The fourth-order valence-electron chi connectivity index (χ4n) is 1.59. The zero-order valence-electron chi connectivity index (χ0n) is 10.6. The van der Waals surface area contributed by atoms with E-state index in [1.807, 2.05) is 0 Å². The third-order valence-corrected chi connectivity index (χ3v) is 3.85. The van der Waals surface area contributed by atoms with Crippen LogP contribution in [0, 0.1) is 5.92 Å². The van der Waals surface area contributed by atoms with Crippen molar-refractivity contribution >= 4 is 16.9 Å². The Morgan fingerprint density at radius 3 is 2.27 bits per heavy atom. The summed E-state index contributed by atoms with van der Waals surface area (Å²) in [6.45, 7) is 6.56. The van der Waals surface area contributed by atoms with E-state index < -0.39 is 0 Å². The molecule has 0 spiro atoms. The van der Waals surface area contributed by atoms with E-state index in [0.717, 1.165) is 25.0 Å². The third kappa shape index (κ3) is 8.98. The van der Waals surface area contributed by atoms with Gasteiger partial charge in [0.2, 0.25) is 0 Å². The molecule has 2 heteroatoms. The van der Waals surface area contributed by atoms with Crippen LogP contribution in [0.2, 0.25) is 0 Å². The van der Waals surface area contributed by atoms with Gasteiger partial charge in [-0.1, -0.05) is 64.6 Å². The second-order valence-electron chi connectivity index (χ2n) is 4.17. The van der Waals surface area contributed by atoms with Crippen LogP contribution in [0.25, 0.3) is 0 Å². The van der Waals surface area contributed by atoms with Crippen molar-refractivity contribution in [2.24, 2.45) is 5.92 Å². The maximum atomic E-state index is 11.6. The zero-order valence-corrected chi connectivity index (χ0v) is 11.4. The molecule has 0 N–H and O–H groups in total. The van der Waals surface area contributed by atoms with Crippen LogP contribution in [0.3, 0.4) is 0 Å². The van der Waals surface area contributed by atoms with E-state index in [0.29, 0.717) is 11.0 Å². The molecule has 0 aromatic heterocycles. The van der Waals surface area contributed by atoms with Gasteiger partial charge in [-0.15, -0.1) is 0 Å². The zero-order chi connectivity index (χ0) is 11.5. The lowest BCUT2D eigenvalue weighted by molar-refractivity contribution is -0.111. The molecule has 0 fully saturated rings. The summed E-state index contributed by atoms with van der Waals surface area (Å²) in [6, 6.07) is 0. The summed E-state index contributed by atoms with van der Waals surface area (Å²) in [5.74, 6) is 1.64. The van der Waals surface area contributed by atoms with Gasteiger partial charge in [0.1, 0.15) is 0 Å². The van der Waals surface area contributed by atoms with Crippen LogP contribution in [-0.4, -0.2) is 10.9 Å². The average Bonchev–Trinajstić information content (AvgIpc) is 2.25. The molecule has 0 saturated heterocycles. The first-order valence-corrected chi connectivity index (χ1v) is 7.38. The van der Waals surface area contributed by atoms with Crippen molar-refractivity contribution in [3.8, 4) is 0 Å². The summed E-state index contributed by atoms with van der Waals surface area (Å²) in [4.78, 5) is 11.6. The second kappa shape index (κ2) is 10.5. The first-order chi connectivity index (χ1) is 7.24. The largest absolute Gasteiger partial charge is 0.287 e. The number of unbranched alkanes of at least 4 members (excludes halogenated alkanes) is 3. The number of thioether (sulfide) groups is 1. The normalized spacial score (nSPS) is 10.9. The van der Waals surface area contributed by atoms with Crippen molar-refractivity contribution in [2.75, 3.05) is 5.75 Å². The molecule has 0 radical (unpaired) electrons. The van der Waals surface area contributed by atoms with Crippen LogP contribution in [0.1, 0.15) is 65.7 Å². The van der Waals surface area contributed by atoms with E-state index in [-0.39, 0.29) is 0 Å². The van der Waals surface area contributed by atoms with Gasteiger partial charge in [0.05, 0.1) is 0 Å². The van der Waals surface area contributed by atoms with Crippen LogP contribution in [-0.2, 0) is 4.79 Å². The van der Waals surface area contributed by atoms with E-state index in [1.165, 1.54) is 25.7 Å². The minimum absolute atomic E-state index is 0.403. The quantitative estimate of drug-likeness (QED) is 0.536. The molecule has 0 aliphatic rings. The summed E-state index contributed by atoms with van der Waals surface area (Å²) in [7, 11) is 0. The van der Waals surface area contributed by atoms with Crippen LogP contribution in [0.4, 0.5) is 0 Å². The summed E-state index contributed by atoms with van der Waals surface area (Å²) < 4.78 is 0. The first kappa shape index (κ1) is 15.0. The molecule has 0 aromatic carbocycles. The molecule has 0 saturated carbocycles. The highest BCUT2D eigenvalue weighted by atomic mass is 32.2. The predicted octanol–water partition coefficient (Wildman–Crippen LogP) is 4.65. The van der Waals surface area contributed by atoms with Crippen LogP contribution in [0.15, 0.2) is 0 Å². The molecule has 0 heterocycles. The molecule has 90 valence electrons. The molecular weight excluding hydrogens is 204 g/mol. The maximum absolute atomic E-state index is 11.6. The van der Waals surface area contributed by atoms with E-state index in [4.69, 9.17) is 0 Å². The fraction of sp³-hybridized carbons (Fsp3) is 0.923. The first-order valence-electron chi connectivity index (χ1n) is 6.40. The number of carbonyl (C=O) groups is 1.